The lowest BCUT2D eigenvalue weighted by atomic mass is 10.0. The first kappa shape index (κ1) is 22.4. The molecule has 162 valence electrons. The number of benzene rings is 3. The van der Waals surface area contributed by atoms with Gasteiger partial charge in [-0.15, -0.1) is 0 Å². The molecule has 4 nitrogen and oxygen atoms in total. The first-order valence-corrected chi connectivity index (χ1v) is 12.7. The number of fused-ring (bicyclic) bond motifs is 2. The van der Waals surface area contributed by atoms with E-state index in [1.54, 1.807) is 12.1 Å². The molecule has 1 heterocycles. The quantitative estimate of drug-likeness (QED) is 0.367. The maximum Gasteiger partial charge on any atom is 0.134 e. The highest BCUT2D eigenvalue weighted by atomic mass is 35.5. The van der Waals surface area contributed by atoms with E-state index in [0.717, 1.165) is 18.5 Å². The molecule has 0 amide bonds. The lowest BCUT2D eigenvalue weighted by Gasteiger charge is -2.27. The fourth-order valence-electron chi connectivity index (χ4n) is 3.82. The Balaban J connectivity index is 1.50. The maximum absolute atomic E-state index is 12.8. The SMILES string of the molecule is N=S(=O)(NCCCN1c2ccccc2CCc2ccc(Cl)cc21)c1ccc(Cl)c(Cl)c1. The van der Waals surface area contributed by atoms with Crippen molar-refractivity contribution >= 4 is 56.1 Å². The van der Waals surface area contributed by atoms with Crippen LogP contribution in [-0.4, -0.2) is 17.3 Å². The molecule has 1 unspecified atom stereocenters. The molecule has 2 N–H and O–H groups in total. The fourth-order valence-corrected chi connectivity index (χ4v) is 5.49. The number of anilines is 2. The van der Waals surface area contributed by atoms with Crippen molar-refractivity contribution in [2.75, 3.05) is 18.0 Å². The molecule has 0 aromatic heterocycles. The van der Waals surface area contributed by atoms with Crippen LogP contribution in [0.3, 0.4) is 0 Å². The summed E-state index contributed by atoms with van der Waals surface area (Å²) in [4.78, 5) is 2.59. The second-order valence-electron chi connectivity index (χ2n) is 7.43. The van der Waals surface area contributed by atoms with Crippen LogP contribution in [0, 0.1) is 4.78 Å². The van der Waals surface area contributed by atoms with Crippen molar-refractivity contribution in [3.8, 4) is 0 Å². The Kier molecular flexibility index (Phi) is 6.80. The zero-order valence-corrected chi connectivity index (χ0v) is 19.8. The third kappa shape index (κ3) is 5.02. The van der Waals surface area contributed by atoms with Gasteiger partial charge in [0, 0.05) is 29.5 Å². The van der Waals surface area contributed by atoms with Crippen LogP contribution in [0.25, 0.3) is 0 Å². The predicted octanol–water partition coefficient (Wildman–Crippen LogP) is 6.88. The number of nitrogens with zero attached hydrogens (tertiary/aromatic N) is 1. The highest BCUT2D eigenvalue weighted by molar-refractivity contribution is 7.90. The van der Waals surface area contributed by atoms with E-state index in [-0.39, 0.29) is 5.02 Å². The third-order valence-corrected chi connectivity index (χ3v) is 7.87. The van der Waals surface area contributed by atoms with Gasteiger partial charge in [-0.25, -0.2) is 13.7 Å². The first-order chi connectivity index (χ1) is 14.8. The Labute approximate surface area is 198 Å². The van der Waals surface area contributed by atoms with E-state index in [1.165, 1.54) is 22.9 Å². The second kappa shape index (κ2) is 9.39. The number of nitrogens with one attached hydrogen (secondary N) is 2. The van der Waals surface area contributed by atoms with Crippen molar-refractivity contribution in [1.82, 2.24) is 4.72 Å². The van der Waals surface area contributed by atoms with E-state index in [1.807, 2.05) is 18.2 Å². The van der Waals surface area contributed by atoms with E-state index in [0.29, 0.717) is 34.5 Å². The van der Waals surface area contributed by atoms with Gasteiger partial charge in [-0.3, -0.25) is 0 Å². The van der Waals surface area contributed by atoms with Gasteiger partial charge in [0.25, 0.3) is 0 Å². The molecule has 1 aliphatic heterocycles. The van der Waals surface area contributed by atoms with Gasteiger partial charge >= 0.3 is 0 Å². The molecule has 1 atom stereocenters. The molecule has 31 heavy (non-hydrogen) atoms. The van der Waals surface area contributed by atoms with Gasteiger partial charge in [-0.1, -0.05) is 59.1 Å². The largest absolute Gasteiger partial charge is 0.341 e. The van der Waals surface area contributed by atoms with E-state index in [9.17, 15) is 4.21 Å². The monoisotopic (exact) mass is 493 g/mol. The van der Waals surface area contributed by atoms with E-state index in [2.05, 4.69) is 33.9 Å². The van der Waals surface area contributed by atoms with Gasteiger partial charge < -0.3 is 4.90 Å². The van der Waals surface area contributed by atoms with Gasteiger partial charge in [-0.2, -0.15) is 0 Å². The summed E-state index contributed by atoms with van der Waals surface area (Å²) in [6.45, 7) is 1.12. The summed E-state index contributed by atoms with van der Waals surface area (Å²) in [6.07, 6.45) is 2.62. The van der Waals surface area contributed by atoms with Crippen LogP contribution in [0.2, 0.25) is 15.1 Å². The summed E-state index contributed by atoms with van der Waals surface area (Å²) in [5, 5.41) is 1.36. The maximum atomic E-state index is 12.8. The smallest absolute Gasteiger partial charge is 0.134 e. The van der Waals surface area contributed by atoms with Crippen molar-refractivity contribution in [3.63, 3.8) is 0 Å². The summed E-state index contributed by atoms with van der Waals surface area (Å²) in [5.74, 6) is 0. The van der Waals surface area contributed by atoms with Crippen molar-refractivity contribution in [2.45, 2.75) is 24.2 Å². The standard InChI is InChI=1S/C23H22Cl3N3OS/c24-18-9-8-17-7-6-16-4-1-2-5-22(16)29(23(17)14-18)13-3-12-28-31(27,30)19-10-11-20(25)21(26)15-19/h1-2,4-5,8-11,14-15H,3,6-7,12-13H2,(H2,27,28,30). The second-order valence-corrected chi connectivity index (χ2v) is 10.6. The Hall–Kier alpha value is -1.76. The molecule has 3 aromatic carbocycles. The predicted molar refractivity (Wildman–Crippen MR) is 131 cm³/mol. The highest BCUT2D eigenvalue weighted by Gasteiger charge is 2.21. The van der Waals surface area contributed by atoms with Crippen LogP contribution in [0.1, 0.15) is 17.5 Å². The molecule has 0 radical (unpaired) electrons. The van der Waals surface area contributed by atoms with Crippen molar-refractivity contribution in [2.24, 2.45) is 0 Å². The first-order valence-electron chi connectivity index (χ1n) is 9.97. The van der Waals surface area contributed by atoms with Crippen LogP contribution in [0.5, 0.6) is 0 Å². The topological polar surface area (TPSA) is 56.2 Å². The molecule has 1 aliphatic rings. The van der Waals surface area contributed by atoms with Crippen molar-refractivity contribution in [3.05, 3.63) is 86.9 Å². The van der Waals surface area contributed by atoms with Crippen LogP contribution in [-0.2, 0) is 22.8 Å². The molecule has 0 bridgehead atoms. The van der Waals surface area contributed by atoms with Crippen molar-refractivity contribution in [1.29, 1.82) is 4.78 Å². The molecule has 0 saturated carbocycles. The number of para-hydroxylation sites is 1. The van der Waals surface area contributed by atoms with Gasteiger partial charge in [0.2, 0.25) is 0 Å². The molecule has 0 aliphatic carbocycles. The molecular weight excluding hydrogens is 473 g/mol. The summed E-state index contributed by atoms with van der Waals surface area (Å²) in [5.41, 5.74) is 4.82. The number of aryl methyl sites for hydroxylation is 2. The lowest BCUT2D eigenvalue weighted by molar-refractivity contribution is 0.657. The van der Waals surface area contributed by atoms with Gasteiger partial charge in [0.05, 0.1) is 14.9 Å². The zero-order chi connectivity index (χ0) is 22.0. The average molecular weight is 495 g/mol. The van der Waals surface area contributed by atoms with Crippen LogP contribution < -0.4 is 9.62 Å². The lowest BCUT2D eigenvalue weighted by Crippen LogP contribution is -2.27. The average Bonchev–Trinajstić information content (AvgIpc) is 2.90. The van der Waals surface area contributed by atoms with Crippen LogP contribution in [0.4, 0.5) is 11.4 Å². The minimum Gasteiger partial charge on any atom is -0.341 e. The van der Waals surface area contributed by atoms with Crippen molar-refractivity contribution < 1.29 is 4.21 Å². The highest BCUT2D eigenvalue weighted by Crippen LogP contribution is 2.37. The van der Waals surface area contributed by atoms with E-state index in [4.69, 9.17) is 39.6 Å². The normalized spacial score (nSPS) is 15.0. The Morgan fingerprint density at radius 1 is 0.903 bits per heavy atom. The molecule has 8 heteroatoms. The number of hydrogen-bond acceptors (Lipinski definition) is 3. The summed E-state index contributed by atoms with van der Waals surface area (Å²) < 4.78 is 23.9. The Morgan fingerprint density at radius 3 is 2.42 bits per heavy atom. The molecule has 3 aromatic rings. The number of hydrogen-bond donors (Lipinski definition) is 2. The summed E-state index contributed by atoms with van der Waals surface area (Å²) in [7, 11) is -3.17. The molecule has 4 rings (SSSR count). The Morgan fingerprint density at radius 2 is 1.65 bits per heavy atom. The minimum absolute atomic E-state index is 0.288. The van der Waals surface area contributed by atoms with Gasteiger partial charge in [0.1, 0.15) is 9.92 Å². The molecule has 0 spiro atoms. The van der Waals surface area contributed by atoms with Crippen LogP contribution in [0.15, 0.2) is 65.6 Å². The molecular formula is C23H22Cl3N3OS. The van der Waals surface area contributed by atoms with E-state index >= 15 is 0 Å². The van der Waals surface area contributed by atoms with Crippen LogP contribution >= 0.6 is 34.8 Å². The van der Waals surface area contributed by atoms with Gasteiger partial charge in [0.15, 0.2) is 0 Å². The minimum atomic E-state index is -3.17. The fraction of sp³-hybridized carbons (Fsp3) is 0.217. The molecule has 0 fully saturated rings. The van der Waals surface area contributed by atoms with Gasteiger partial charge in [-0.05, 0) is 66.8 Å². The third-order valence-electron chi connectivity index (χ3n) is 5.37. The Bertz CT molecular complexity index is 1210. The number of rotatable bonds is 6. The summed E-state index contributed by atoms with van der Waals surface area (Å²) in [6, 6.07) is 19.0. The molecule has 0 saturated heterocycles. The van der Waals surface area contributed by atoms with E-state index < -0.39 is 9.92 Å². The summed E-state index contributed by atoms with van der Waals surface area (Å²) >= 11 is 18.3. The zero-order valence-electron chi connectivity index (χ0n) is 16.7. The number of halogens is 3.